The van der Waals surface area contributed by atoms with Crippen LogP contribution in [0.3, 0.4) is 0 Å². The van der Waals surface area contributed by atoms with Gasteiger partial charge in [-0.1, -0.05) is 54.6 Å². The van der Waals surface area contributed by atoms with Crippen LogP contribution in [0.5, 0.6) is 5.75 Å². The fourth-order valence-corrected chi connectivity index (χ4v) is 4.67. The van der Waals surface area contributed by atoms with E-state index >= 15 is 0 Å². The standard InChI is InChI=1S/C35H31FN2O5/c1-23-30(38-34(43-23)26-14-16-27(36)17-15-26)20-21-42-28-18-12-24(13-19-28)22-32(35(40)41-2)37-31-11-7-6-10-29(31)33(39)25-8-4-3-5-9-25/h3-19,32,37H,20-22H2,1-2H3/t32-/m0/s1. The molecule has 5 aromatic rings. The second kappa shape index (κ2) is 13.6. The number of nitrogens with one attached hydrogen (secondary N) is 1. The van der Waals surface area contributed by atoms with Gasteiger partial charge in [0.25, 0.3) is 0 Å². The fourth-order valence-electron chi connectivity index (χ4n) is 4.67. The van der Waals surface area contributed by atoms with Gasteiger partial charge in [-0.15, -0.1) is 0 Å². The predicted molar refractivity (Wildman–Crippen MR) is 162 cm³/mol. The summed E-state index contributed by atoms with van der Waals surface area (Å²) >= 11 is 0. The minimum absolute atomic E-state index is 0.138. The minimum Gasteiger partial charge on any atom is -0.493 e. The number of hydrogen-bond donors (Lipinski definition) is 1. The summed E-state index contributed by atoms with van der Waals surface area (Å²) in [5.41, 5.74) is 3.95. The Morgan fingerprint density at radius 1 is 0.907 bits per heavy atom. The lowest BCUT2D eigenvalue weighted by molar-refractivity contribution is -0.141. The van der Waals surface area contributed by atoms with Gasteiger partial charge in [0.05, 0.1) is 19.4 Å². The number of esters is 1. The van der Waals surface area contributed by atoms with Crippen molar-refractivity contribution in [1.29, 1.82) is 0 Å². The summed E-state index contributed by atoms with van der Waals surface area (Å²) in [6.07, 6.45) is 0.874. The smallest absolute Gasteiger partial charge is 0.328 e. The van der Waals surface area contributed by atoms with E-state index in [-0.39, 0.29) is 11.6 Å². The number of aromatic nitrogens is 1. The molecule has 1 atom stereocenters. The lowest BCUT2D eigenvalue weighted by Crippen LogP contribution is -2.33. The highest BCUT2D eigenvalue weighted by atomic mass is 19.1. The summed E-state index contributed by atoms with van der Waals surface area (Å²) in [7, 11) is 1.34. The highest BCUT2D eigenvalue weighted by molar-refractivity contribution is 6.12. The molecule has 5 rings (SSSR count). The largest absolute Gasteiger partial charge is 0.493 e. The number of ether oxygens (including phenoxy) is 2. The van der Waals surface area contributed by atoms with Crippen molar-refractivity contribution in [2.45, 2.75) is 25.8 Å². The van der Waals surface area contributed by atoms with Crippen LogP contribution in [0.4, 0.5) is 10.1 Å². The van der Waals surface area contributed by atoms with E-state index in [1.165, 1.54) is 19.2 Å². The summed E-state index contributed by atoms with van der Waals surface area (Å²) in [6, 6.07) is 28.9. The van der Waals surface area contributed by atoms with Crippen LogP contribution in [0.1, 0.15) is 32.9 Å². The summed E-state index contributed by atoms with van der Waals surface area (Å²) < 4.78 is 30.0. The van der Waals surface area contributed by atoms with E-state index in [0.29, 0.717) is 59.2 Å². The molecule has 0 amide bonds. The van der Waals surface area contributed by atoms with Gasteiger partial charge in [0, 0.05) is 35.2 Å². The highest BCUT2D eigenvalue weighted by Crippen LogP contribution is 2.24. The van der Waals surface area contributed by atoms with E-state index in [9.17, 15) is 14.0 Å². The van der Waals surface area contributed by atoms with Crippen molar-refractivity contribution in [3.63, 3.8) is 0 Å². The maximum absolute atomic E-state index is 13.2. The van der Waals surface area contributed by atoms with Gasteiger partial charge in [0.15, 0.2) is 5.78 Å². The number of ketones is 1. The van der Waals surface area contributed by atoms with Gasteiger partial charge in [-0.25, -0.2) is 14.2 Å². The molecule has 0 spiro atoms. The first-order valence-corrected chi connectivity index (χ1v) is 13.9. The van der Waals surface area contributed by atoms with Crippen LogP contribution in [-0.2, 0) is 22.4 Å². The van der Waals surface area contributed by atoms with E-state index in [0.717, 1.165) is 11.3 Å². The molecule has 0 aliphatic carbocycles. The Morgan fingerprint density at radius 3 is 2.33 bits per heavy atom. The zero-order chi connectivity index (χ0) is 30.2. The van der Waals surface area contributed by atoms with E-state index in [1.54, 1.807) is 42.5 Å². The number of carbonyl (C=O) groups is 2. The first-order chi connectivity index (χ1) is 20.9. The SMILES string of the molecule is COC(=O)[C@H](Cc1ccc(OCCc2nc(-c3ccc(F)cc3)oc2C)cc1)Nc1ccccc1C(=O)c1ccccc1. The van der Waals surface area contributed by atoms with Crippen LogP contribution in [-0.4, -0.2) is 36.5 Å². The number of anilines is 1. The summed E-state index contributed by atoms with van der Waals surface area (Å²) in [4.78, 5) is 30.4. The van der Waals surface area contributed by atoms with E-state index in [1.807, 2.05) is 55.5 Å². The zero-order valence-corrected chi connectivity index (χ0v) is 23.9. The number of methoxy groups -OCH3 is 1. The van der Waals surface area contributed by atoms with E-state index < -0.39 is 12.0 Å². The normalized spacial score (nSPS) is 11.5. The van der Waals surface area contributed by atoms with Crippen LogP contribution < -0.4 is 10.1 Å². The Kier molecular flexibility index (Phi) is 9.26. The number of aryl methyl sites for hydroxylation is 1. The molecule has 7 nitrogen and oxygen atoms in total. The molecular formula is C35H31FN2O5. The molecule has 0 bridgehead atoms. The van der Waals surface area contributed by atoms with Crippen LogP contribution in [0, 0.1) is 12.7 Å². The third-order valence-electron chi connectivity index (χ3n) is 6.98. The lowest BCUT2D eigenvalue weighted by Gasteiger charge is -2.20. The van der Waals surface area contributed by atoms with Gasteiger partial charge >= 0.3 is 5.97 Å². The van der Waals surface area contributed by atoms with Crippen molar-refractivity contribution in [3.8, 4) is 17.2 Å². The maximum atomic E-state index is 13.2. The third-order valence-corrected chi connectivity index (χ3v) is 6.98. The fraction of sp³-hybridized carbons (Fsp3) is 0.171. The molecule has 0 aliphatic heterocycles. The number of benzene rings is 4. The second-order valence-electron chi connectivity index (χ2n) is 9.94. The molecule has 4 aromatic carbocycles. The predicted octanol–water partition coefficient (Wildman–Crippen LogP) is 6.84. The van der Waals surface area contributed by atoms with Crippen molar-refractivity contribution >= 4 is 17.4 Å². The summed E-state index contributed by atoms with van der Waals surface area (Å²) in [5.74, 6) is 0.908. The van der Waals surface area contributed by atoms with Crippen LogP contribution in [0.15, 0.2) is 108 Å². The molecule has 43 heavy (non-hydrogen) atoms. The Hall–Kier alpha value is -5.24. The van der Waals surface area contributed by atoms with Crippen molar-refractivity contribution < 1.29 is 27.9 Å². The number of nitrogens with zero attached hydrogens (tertiary/aromatic N) is 1. The van der Waals surface area contributed by atoms with Gasteiger partial charge in [0.1, 0.15) is 23.4 Å². The van der Waals surface area contributed by atoms with Crippen molar-refractivity contribution in [2.24, 2.45) is 0 Å². The molecule has 0 saturated heterocycles. The zero-order valence-electron chi connectivity index (χ0n) is 23.9. The Bertz CT molecular complexity index is 1680. The quantitative estimate of drug-likeness (QED) is 0.128. The lowest BCUT2D eigenvalue weighted by atomic mass is 10.00. The molecule has 0 saturated carbocycles. The average molecular weight is 579 g/mol. The Morgan fingerprint density at radius 2 is 1.60 bits per heavy atom. The molecule has 0 fully saturated rings. The van der Waals surface area contributed by atoms with Gasteiger partial charge in [-0.05, 0) is 61.0 Å². The molecule has 0 unspecified atom stereocenters. The maximum Gasteiger partial charge on any atom is 0.328 e. The van der Waals surface area contributed by atoms with Crippen LogP contribution in [0.25, 0.3) is 11.5 Å². The van der Waals surface area contributed by atoms with Crippen LogP contribution >= 0.6 is 0 Å². The number of halogens is 1. The summed E-state index contributed by atoms with van der Waals surface area (Å²) in [5, 5.41) is 3.23. The van der Waals surface area contributed by atoms with Gasteiger partial charge < -0.3 is 19.2 Å². The minimum atomic E-state index is -0.716. The Balaban J connectivity index is 1.21. The molecule has 218 valence electrons. The number of rotatable bonds is 12. The average Bonchev–Trinajstić information content (AvgIpc) is 3.41. The molecule has 8 heteroatoms. The second-order valence-corrected chi connectivity index (χ2v) is 9.94. The number of oxazole rings is 1. The molecule has 0 radical (unpaired) electrons. The number of carbonyl (C=O) groups excluding carboxylic acids is 2. The van der Waals surface area contributed by atoms with Crippen molar-refractivity contribution in [2.75, 3.05) is 19.0 Å². The highest BCUT2D eigenvalue weighted by Gasteiger charge is 2.22. The van der Waals surface area contributed by atoms with Crippen molar-refractivity contribution in [1.82, 2.24) is 4.98 Å². The molecule has 1 N–H and O–H groups in total. The third kappa shape index (κ3) is 7.35. The van der Waals surface area contributed by atoms with E-state index in [2.05, 4.69) is 10.3 Å². The molecular weight excluding hydrogens is 547 g/mol. The first kappa shape index (κ1) is 29.3. The monoisotopic (exact) mass is 578 g/mol. The molecule has 0 aliphatic rings. The van der Waals surface area contributed by atoms with Crippen molar-refractivity contribution in [3.05, 3.63) is 137 Å². The molecule has 1 heterocycles. The van der Waals surface area contributed by atoms with E-state index in [4.69, 9.17) is 13.9 Å². The number of hydrogen-bond acceptors (Lipinski definition) is 7. The van der Waals surface area contributed by atoms with Gasteiger partial charge in [0.2, 0.25) is 5.89 Å². The molecule has 1 aromatic heterocycles. The Labute approximate surface area is 249 Å². The van der Waals surface area contributed by atoms with Gasteiger partial charge in [-0.2, -0.15) is 0 Å². The van der Waals surface area contributed by atoms with Crippen LogP contribution in [0.2, 0.25) is 0 Å². The summed E-state index contributed by atoms with van der Waals surface area (Å²) in [6.45, 7) is 2.22. The first-order valence-electron chi connectivity index (χ1n) is 13.9. The number of para-hydroxylation sites is 1. The topological polar surface area (TPSA) is 90.7 Å². The van der Waals surface area contributed by atoms with Gasteiger partial charge in [-0.3, -0.25) is 4.79 Å².